The van der Waals surface area contributed by atoms with Crippen molar-refractivity contribution in [1.29, 1.82) is 0 Å². The van der Waals surface area contributed by atoms with Crippen LogP contribution < -0.4 is 5.43 Å². The molecule has 2 atom stereocenters. The highest BCUT2D eigenvalue weighted by molar-refractivity contribution is 9.10. The summed E-state index contributed by atoms with van der Waals surface area (Å²) in [6.07, 6.45) is 3.53. The van der Waals surface area contributed by atoms with Crippen molar-refractivity contribution < 1.29 is 4.79 Å². The van der Waals surface area contributed by atoms with Gasteiger partial charge in [-0.1, -0.05) is 22.4 Å². The van der Waals surface area contributed by atoms with Crippen LogP contribution in [0.2, 0.25) is 0 Å². The lowest BCUT2D eigenvalue weighted by Crippen LogP contribution is -2.54. The monoisotopic (exact) mass is 310 g/mol. The summed E-state index contributed by atoms with van der Waals surface area (Å²) < 4.78 is 0.985. The van der Waals surface area contributed by atoms with E-state index in [1.807, 2.05) is 24.3 Å². The van der Waals surface area contributed by atoms with Gasteiger partial charge in [0, 0.05) is 22.1 Å². The van der Waals surface area contributed by atoms with Gasteiger partial charge in [0.1, 0.15) is 0 Å². The number of nitrogens with zero attached hydrogens (tertiary/aromatic N) is 1. The Bertz CT molecular complexity index is 408. The molecule has 1 aliphatic rings. The zero-order valence-electron chi connectivity index (χ0n) is 10.8. The zero-order valence-corrected chi connectivity index (χ0v) is 12.4. The highest BCUT2D eigenvalue weighted by atomic mass is 79.9. The first-order valence-electron chi connectivity index (χ1n) is 6.43. The maximum absolute atomic E-state index is 12.1. The molecule has 1 aromatic carbocycles. The number of carbonyl (C=O) groups excluding carboxylic acids is 1. The van der Waals surface area contributed by atoms with E-state index < -0.39 is 0 Å². The molecule has 0 radical (unpaired) electrons. The van der Waals surface area contributed by atoms with Crippen LogP contribution in [0.15, 0.2) is 28.7 Å². The van der Waals surface area contributed by atoms with Gasteiger partial charge in [-0.05, 0) is 51.0 Å². The van der Waals surface area contributed by atoms with Crippen LogP contribution in [0.5, 0.6) is 0 Å². The third-order valence-electron chi connectivity index (χ3n) is 3.53. The average molecular weight is 311 g/mol. The Labute approximate surface area is 117 Å². The lowest BCUT2D eigenvalue weighted by atomic mass is 10.00. The standard InChI is InChI=1S/C14H19BrN2O/c1-10-4-3-5-11(2)17(10)16-14(18)12-6-8-13(15)9-7-12/h6-11H,3-5H2,1-2H3,(H,16,18)/t10-,11-/m1/s1. The minimum absolute atomic E-state index is 0.0249. The van der Waals surface area contributed by atoms with Crippen molar-refractivity contribution in [2.24, 2.45) is 0 Å². The first kappa shape index (κ1) is 13.6. The molecule has 0 saturated carbocycles. The molecule has 1 heterocycles. The molecule has 3 nitrogen and oxygen atoms in total. The maximum Gasteiger partial charge on any atom is 0.265 e. The second-order valence-electron chi connectivity index (χ2n) is 4.98. The number of rotatable bonds is 2. The predicted molar refractivity (Wildman–Crippen MR) is 76.2 cm³/mol. The number of hydrogen-bond acceptors (Lipinski definition) is 2. The summed E-state index contributed by atoms with van der Waals surface area (Å²) in [5.74, 6) is -0.0249. The molecule has 1 N–H and O–H groups in total. The van der Waals surface area contributed by atoms with Crippen molar-refractivity contribution in [3.8, 4) is 0 Å². The van der Waals surface area contributed by atoms with Gasteiger partial charge in [-0.3, -0.25) is 10.2 Å². The Morgan fingerprint density at radius 3 is 2.33 bits per heavy atom. The molecule has 1 aliphatic heterocycles. The molecule has 2 rings (SSSR count). The van der Waals surface area contributed by atoms with Crippen molar-refractivity contribution in [3.05, 3.63) is 34.3 Å². The molecule has 0 unspecified atom stereocenters. The topological polar surface area (TPSA) is 32.3 Å². The first-order valence-corrected chi connectivity index (χ1v) is 7.22. The van der Waals surface area contributed by atoms with Gasteiger partial charge in [-0.25, -0.2) is 5.01 Å². The molecule has 1 aromatic rings. The lowest BCUT2D eigenvalue weighted by Gasteiger charge is -2.38. The SMILES string of the molecule is C[C@@H]1CCC[C@@H](C)N1NC(=O)c1ccc(Br)cc1. The summed E-state index contributed by atoms with van der Waals surface area (Å²) in [4.78, 5) is 12.1. The van der Waals surface area contributed by atoms with Crippen LogP contribution in [0.25, 0.3) is 0 Å². The molecule has 0 aliphatic carbocycles. The van der Waals surface area contributed by atoms with Gasteiger partial charge < -0.3 is 0 Å². The fraction of sp³-hybridized carbons (Fsp3) is 0.500. The number of carbonyl (C=O) groups is 1. The lowest BCUT2D eigenvalue weighted by molar-refractivity contribution is 0.0370. The van der Waals surface area contributed by atoms with Gasteiger partial charge in [-0.2, -0.15) is 0 Å². The third kappa shape index (κ3) is 3.12. The van der Waals surface area contributed by atoms with Crippen LogP contribution in [0.4, 0.5) is 0 Å². The van der Waals surface area contributed by atoms with E-state index in [4.69, 9.17) is 0 Å². The molecule has 0 aromatic heterocycles. The fourth-order valence-electron chi connectivity index (χ4n) is 2.42. The highest BCUT2D eigenvalue weighted by Gasteiger charge is 2.26. The van der Waals surface area contributed by atoms with Crippen LogP contribution in [0.3, 0.4) is 0 Å². The Balaban J connectivity index is 2.04. The second kappa shape index (κ2) is 5.85. The van der Waals surface area contributed by atoms with Crippen molar-refractivity contribution >= 4 is 21.8 Å². The van der Waals surface area contributed by atoms with Gasteiger partial charge in [0.25, 0.3) is 5.91 Å². The van der Waals surface area contributed by atoms with Crippen LogP contribution in [-0.4, -0.2) is 23.0 Å². The van der Waals surface area contributed by atoms with E-state index in [1.54, 1.807) is 0 Å². The Hall–Kier alpha value is -0.870. The summed E-state index contributed by atoms with van der Waals surface area (Å²) >= 11 is 3.37. The minimum Gasteiger partial charge on any atom is -0.284 e. The molecule has 18 heavy (non-hydrogen) atoms. The molecule has 1 fully saturated rings. The summed E-state index contributed by atoms with van der Waals surface area (Å²) in [6.45, 7) is 4.33. The largest absolute Gasteiger partial charge is 0.284 e. The van der Waals surface area contributed by atoms with Gasteiger partial charge in [-0.15, -0.1) is 0 Å². The van der Waals surface area contributed by atoms with E-state index in [2.05, 4.69) is 40.2 Å². The third-order valence-corrected chi connectivity index (χ3v) is 4.06. The summed E-state index contributed by atoms with van der Waals surface area (Å²) in [5, 5.41) is 2.09. The molecule has 0 spiro atoms. The van der Waals surface area contributed by atoms with Crippen LogP contribution in [0.1, 0.15) is 43.5 Å². The van der Waals surface area contributed by atoms with Gasteiger partial charge in [0.15, 0.2) is 0 Å². The first-order chi connectivity index (χ1) is 8.58. The summed E-state index contributed by atoms with van der Waals surface area (Å²) in [6, 6.07) is 8.26. The Kier molecular flexibility index (Phi) is 4.40. The van der Waals surface area contributed by atoms with Crippen molar-refractivity contribution in [2.45, 2.75) is 45.2 Å². The normalized spacial score (nSPS) is 24.8. The number of hydrogen-bond donors (Lipinski definition) is 1. The molecule has 4 heteroatoms. The second-order valence-corrected chi connectivity index (χ2v) is 5.90. The van der Waals surface area contributed by atoms with E-state index >= 15 is 0 Å². The highest BCUT2D eigenvalue weighted by Crippen LogP contribution is 2.20. The van der Waals surface area contributed by atoms with E-state index in [0.29, 0.717) is 17.6 Å². The van der Waals surface area contributed by atoms with Crippen molar-refractivity contribution in [1.82, 2.24) is 10.4 Å². The molecular formula is C14H19BrN2O. The smallest absolute Gasteiger partial charge is 0.265 e. The number of halogens is 1. The van der Waals surface area contributed by atoms with E-state index in [9.17, 15) is 4.79 Å². The van der Waals surface area contributed by atoms with Crippen LogP contribution in [0, 0.1) is 0 Å². The van der Waals surface area contributed by atoms with E-state index in [0.717, 1.165) is 17.3 Å². The minimum atomic E-state index is -0.0249. The van der Waals surface area contributed by atoms with Crippen LogP contribution in [-0.2, 0) is 0 Å². The van der Waals surface area contributed by atoms with Gasteiger partial charge in [0.2, 0.25) is 0 Å². The Morgan fingerprint density at radius 1 is 1.22 bits per heavy atom. The molecule has 98 valence electrons. The number of hydrazine groups is 1. The molecule has 0 bridgehead atoms. The number of nitrogens with one attached hydrogen (secondary N) is 1. The van der Waals surface area contributed by atoms with E-state index in [-0.39, 0.29) is 5.91 Å². The van der Waals surface area contributed by atoms with E-state index in [1.165, 1.54) is 6.42 Å². The number of benzene rings is 1. The van der Waals surface area contributed by atoms with Crippen molar-refractivity contribution in [2.75, 3.05) is 0 Å². The average Bonchev–Trinajstić information content (AvgIpc) is 2.34. The maximum atomic E-state index is 12.1. The fourth-order valence-corrected chi connectivity index (χ4v) is 2.69. The molecule has 1 amide bonds. The summed E-state index contributed by atoms with van der Waals surface area (Å²) in [5.41, 5.74) is 3.73. The molecular weight excluding hydrogens is 292 g/mol. The zero-order chi connectivity index (χ0) is 13.1. The van der Waals surface area contributed by atoms with Gasteiger partial charge in [0.05, 0.1) is 0 Å². The van der Waals surface area contributed by atoms with Crippen molar-refractivity contribution in [3.63, 3.8) is 0 Å². The molecule has 1 saturated heterocycles. The Morgan fingerprint density at radius 2 is 1.78 bits per heavy atom. The quantitative estimate of drug-likeness (QED) is 0.908. The summed E-state index contributed by atoms with van der Waals surface area (Å²) in [7, 11) is 0. The van der Waals surface area contributed by atoms with Gasteiger partial charge >= 0.3 is 0 Å². The number of amides is 1. The van der Waals surface area contributed by atoms with Crippen LogP contribution >= 0.6 is 15.9 Å². The predicted octanol–water partition coefficient (Wildman–Crippen LogP) is 3.36. The number of piperidine rings is 1.